The monoisotopic (exact) mass is 354 g/mol. The first-order chi connectivity index (χ1) is 12.5. The van der Waals surface area contributed by atoms with Gasteiger partial charge in [-0.15, -0.1) is 0 Å². The summed E-state index contributed by atoms with van der Waals surface area (Å²) in [7, 11) is 0. The summed E-state index contributed by atoms with van der Waals surface area (Å²) in [5.41, 5.74) is 2.26. The summed E-state index contributed by atoms with van der Waals surface area (Å²) in [6, 6.07) is 9.21. The van der Waals surface area contributed by atoms with Crippen LogP contribution >= 0.6 is 0 Å². The van der Waals surface area contributed by atoms with E-state index >= 15 is 0 Å². The topological polar surface area (TPSA) is 118 Å². The van der Waals surface area contributed by atoms with Gasteiger partial charge in [-0.05, 0) is 30.3 Å². The molecule has 0 saturated carbocycles. The maximum Gasteiger partial charge on any atom is 0.313 e. The first-order valence-corrected chi connectivity index (χ1v) is 7.31. The highest BCUT2D eigenvalue weighted by atomic mass is 19.1. The number of nitro benzene ring substituents is 1. The van der Waals surface area contributed by atoms with E-state index in [2.05, 4.69) is 15.5 Å². The lowest BCUT2D eigenvalue weighted by atomic mass is 10.1. The average Bonchev–Trinajstić information content (AvgIpc) is 2.64. The normalized spacial score (nSPS) is 11.0. The van der Waals surface area contributed by atoms with Crippen molar-refractivity contribution in [2.45, 2.75) is 0 Å². The molecule has 1 aromatic heterocycles. The summed E-state index contributed by atoms with van der Waals surface area (Å²) < 4.78 is 12.9. The lowest BCUT2D eigenvalue weighted by Crippen LogP contribution is -2.17. The molecule has 1 amide bonds. The zero-order valence-corrected chi connectivity index (χ0v) is 13.1. The van der Waals surface area contributed by atoms with Crippen LogP contribution in [0.15, 0.2) is 53.8 Å². The number of hydrogen-bond acceptors (Lipinski definition) is 6. The van der Waals surface area contributed by atoms with Crippen LogP contribution < -0.4 is 5.43 Å². The van der Waals surface area contributed by atoms with Crippen LogP contribution in [0, 0.1) is 15.9 Å². The number of fused-ring (bicyclic) bond motifs is 1. The Kier molecular flexibility index (Phi) is 4.52. The molecular weight excluding hydrogens is 343 g/mol. The van der Waals surface area contributed by atoms with Gasteiger partial charge in [-0.2, -0.15) is 5.10 Å². The van der Waals surface area contributed by atoms with Crippen LogP contribution in [-0.4, -0.2) is 27.1 Å². The van der Waals surface area contributed by atoms with Gasteiger partial charge in [-0.1, -0.05) is 6.07 Å². The Bertz CT molecular complexity index is 1030. The van der Waals surface area contributed by atoms with Crippen LogP contribution in [-0.2, 0) is 0 Å². The number of carbonyl (C=O) groups is 1. The minimum Gasteiger partial charge on any atom is -0.501 e. The molecule has 0 bridgehead atoms. The van der Waals surface area contributed by atoms with E-state index < -0.39 is 28.1 Å². The van der Waals surface area contributed by atoms with E-state index in [0.29, 0.717) is 5.39 Å². The molecule has 26 heavy (non-hydrogen) atoms. The molecule has 8 nitrogen and oxygen atoms in total. The van der Waals surface area contributed by atoms with Gasteiger partial charge in [0.05, 0.1) is 11.1 Å². The zero-order valence-electron chi connectivity index (χ0n) is 13.1. The van der Waals surface area contributed by atoms with E-state index in [1.54, 1.807) is 12.1 Å². The quantitative estimate of drug-likeness (QED) is 0.424. The second kappa shape index (κ2) is 6.93. The first kappa shape index (κ1) is 17.0. The molecule has 0 atom stereocenters. The Morgan fingerprint density at radius 3 is 2.73 bits per heavy atom. The number of pyridine rings is 1. The van der Waals surface area contributed by atoms with E-state index in [1.165, 1.54) is 24.5 Å². The van der Waals surface area contributed by atoms with E-state index in [1.807, 2.05) is 0 Å². The van der Waals surface area contributed by atoms with Gasteiger partial charge in [0.2, 0.25) is 5.75 Å². The largest absolute Gasteiger partial charge is 0.501 e. The van der Waals surface area contributed by atoms with Gasteiger partial charge in [0, 0.05) is 28.8 Å². The van der Waals surface area contributed by atoms with Crippen molar-refractivity contribution in [3.8, 4) is 5.75 Å². The third kappa shape index (κ3) is 3.31. The molecule has 0 unspecified atom stereocenters. The summed E-state index contributed by atoms with van der Waals surface area (Å²) in [5, 5.41) is 25.3. The van der Waals surface area contributed by atoms with Crippen LogP contribution in [0.4, 0.5) is 10.1 Å². The Morgan fingerprint density at radius 1 is 1.31 bits per heavy atom. The Hall–Kier alpha value is -3.88. The van der Waals surface area contributed by atoms with Crippen molar-refractivity contribution in [3.05, 3.63) is 75.7 Å². The lowest BCUT2D eigenvalue weighted by molar-refractivity contribution is -0.385. The molecule has 2 N–H and O–H groups in total. The lowest BCUT2D eigenvalue weighted by Gasteiger charge is -2.05. The minimum absolute atomic E-state index is 0.0491. The van der Waals surface area contributed by atoms with Gasteiger partial charge in [0.1, 0.15) is 11.3 Å². The smallest absolute Gasteiger partial charge is 0.313 e. The van der Waals surface area contributed by atoms with E-state index in [4.69, 9.17) is 0 Å². The van der Waals surface area contributed by atoms with Crippen molar-refractivity contribution in [3.63, 3.8) is 0 Å². The highest BCUT2D eigenvalue weighted by molar-refractivity contribution is 6.03. The Morgan fingerprint density at radius 2 is 2.04 bits per heavy atom. The van der Waals surface area contributed by atoms with Crippen molar-refractivity contribution >= 4 is 28.7 Å². The number of amides is 1. The molecule has 130 valence electrons. The van der Waals surface area contributed by atoms with Crippen molar-refractivity contribution in [2.75, 3.05) is 0 Å². The van der Waals surface area contributed by atoms with Crippen molar-refractivity contribution in [1.82, 2.24) is 10.4 Å². The zero-order chi connectivity index (χ0) is 18.7. The van der Waals surface area contributed by atoms with Crippen LogP contribution in [0.25, 0.3) is 10.9 Å². The number of halogens is 1. The molecule has 0 aliphatic heterocycles. The van der Waals surface area contributed by atoms with Gasteiger partial charge < -0.3 is 5.11 Å². The fourth-order valence-electron chi connectivity index (χ4n) is 2.31. The molecule has 1 heterocycles. The number of phenolic OH excluding ortho intramolecular Hbond substituents is 1. The van der Waals surface area contributed by atoms with Crippen molar-refractivity contribution in [2.24, 2.45) is 5.10 Å². The number of nitrogens with zero attached hydrogens (tertiary/aromatic N) is 3. The number of phenols is 1. The molecule has 0 spiro atoms. The highest BCUT2D eigenvalue weighted by Gasteiger charge is 2.19. The standard InChI is InChI=1S/C17H11FN4O4/c18-12-5-3-10(4-6-12)17(24)21-20-9-11-8-14(22(25)26)16(23)15-13(11)2-1-7-19-15/h1-9,23H,(H,21,24)/b20-9-. The number of rotatable bonds is 4. The number of benzene rings is 2. The Labute approximate surface area is 145 Å². The maximum absolute atomic E-state index is 12.9. The van der Waals surface area contributed by atoms with Gasteiger partial charge in [0.25, 0.3) is 5.91 Å². The summed E-state index contributed by atoms with van der Waals surface area (Å²) in [4.78, 5) is 26.2. The first-order valence-electron chi connectivity index (χ1n) is 7.31. The van der Waals surface area contributed by atoms with Crippen LogP contribution in [0.2, 0.25) is 0 Å². The van der Waals surface area contributed by atoms with Crippen LogP contribution in [0.5, 0.6) is 5.75 Å². The number of aromatic hydroxyl groups is 1. The number of hydrogen-bond donors (Lipinski definition) is 2. The second-order valence-corrected chi connectivity index (χ2v) is 5.20. The van der Waals surface area contributed by atoms with Crippen LogP contribution in [0.1, 0.15) is 15.9 Å². The summed E-state index contributed by atoms with van der Waals surface area (Å²) in [6.45, 7) is 0. The summed E-state index contributed by atoms with van der Waals surface area (Å²) in [5.74, 6) is -1.59. The molecule has 3 aromatic rings. The molecule has 9 heteroatoms. The molecule has 0 saturated heterocycles. The highest BCUT2D eigenvalue weighted by Crippen LogP contribution is 2.34. The second-order valence-electron chi connectivity index (χ2n) is 5.20. The fraction of sp³-hybridized carbons (Fsp3) is 0. The molecule has 0 radical (unpaired) electrons. The SMILES string of the molecule is O=C(N/N=C\c1cc([N+](=O)[O-])c(O)c2ncccc12)c1ccc(F)cc1. The van der Waals surface area contributed by atoms with Crippen molar-refractivity contribution in [1.29, 1.82) is 0 Å². The number of nitro groups is 1. The number of carbonyl (C=O) groups excluding carboxylic acids is 1. The molecule has 0 fully saturated rings. The predicted octanol–water partition coefficient (Wildman–Crippen LogP) is 2.75. The number of hydrazone groups is 1. The van der Waals surface area contributed by atoms with Gasteiger partial charge in [0.15, 0.2) is 0 Å². The fourth-order valence-corrected chi connectivity index (χ4v) is 2.31. The predicted molar refractivity (Wildman–Crippen MR) is 91.5 cm³/mol. The summed E-state index contributed by atoms with van der Waals surface area (Å²) >= 11 is 0. The van der Waals surface area contributed by atoms with E-state index in [0.717, 1.165) is 18.2 Å². The molecule has 0 aliphatic carbocycles. The van der Waals surface area contributed by atoms with Gasteiger partial charge >= 0.3 is 5.69 Å². The van der Waals surface area contributed by atoms with Gasteiger partial charge in [-0.3, -0.25) is 19.9 Å². The molecular formula is C17H11FN4O4. The average molecular weight is 354 g/mol. The van der Waals surface area contributed by atoms with Crippen LogP contribution in [0.3, 0.4) is 0 Å². The third-order valence-electron chi connectivity index (χ3n) is 3.55. The van der Waals surface area contributed by atoms with E-state index in [-0.39, 0.29) is 16.6 Å². The summed E-state index contributed by atoms with van der Waals surface area (Å²) in [6.07, 6.45) is 2.60. The molecule has 0 aliphatic rings. The minimum atomic E-state index is -0.738. The third-order valence-corrected chi connectivity index (χ3v) is 3.55. The van der Waals surface area contributed by atoms with E-state index in [9.17, 15) is 24.4 Å². The van der Waals surface area contributed by atoms with Crippen molar-refractivity contribution < 1.29 is 19.2 Å². The number of nitrogens with one attached hydrogen (secondary N) is 1. The number of aromatic nitrogens is 1. The van der Waals surface area contributed by atoms with Gasteiger partial charge in [-0.25, -0.2) is 9.82 Å². The molecule has 3 rings (SSSR count). The Balaban J connectivity index is 1.91. The molecule has 2 aromatic carbocycles. The maximum atomic E-state index is 12.9.